The fourth-order valence-corrected chi connectivity index (χ4v) is 7.24. The van der Waals surface area contributed by atoms with Gasteiger partial charge in [-0.15, -0.1) is 0 Å². The van der Waals surface area contributed by atoms with Crippen LogP contribution in [0.5, 0.6) is 5.75 Å². The molecule has 0 bridgehead atoms. The summed E-state index contributed by atoms with van der Waals surface area (Å²) in [5.41, 5.74) is 4.01. The lowest BCUT2D eigenvalue weighted by Gasteiger charge is -2.32. The minimum Gasteiger partial charge on any atom is -0.487 e. The molecule has 282 valence electrons. The minimum atomic E-state index is -4.02. The van der Waals surface area contributed by atoms with Crippen LogP contribution in [0, 0.1) is 12.7 Å². The number of halogens is 2. The molecule has 2 aromatic heterocycles. The number of sulfonamides is 1. The number of anilines is 2. The molecule has 0 atom stereocenters. The van der Waals surface area contributed by atoms with E-state index in [9.17, 15) is 21.2 Å². The number of ether oxygens (including phenoxy) is 1. The van der Waals surface area contributed by atoms with Crippen LogP contribution in [0.1, 0.15) is 16.9 Å². The molecule has 1 aliphatic heterocycles. The third kappa shape index (κ3) is 10.2. The molecule has 0 saturated carbocycles. The third-order valence-electron chi connectivity index (χ3n) is 8.56. The number of aromatic nitrogens is 2. The largest absolute Gasteiger partial charge is 0.487 e. The van der Waals surface area contributed by atoms with Crippen molar-refractivity contribution in [2.24, 2.45) is 0 Å². The summed E-state index contributed by atoms with van der Waals surface area (Å²) < 4.78 is 80.1. The summed E-state index contributed by atoms with van der Waals surface area (Å²) in [6.45, 7) is 4.88. The van der Waals surface area contributed by atoms with Gasteiger partial charge in [-0.2, -0.15) is 12.7 Å². The van der Waals surface area contributed by atoms with E-state index in [0.717, 1.165) is 27.8 Å². The number of piperazine rings is 1. The van der Waals surface area contributed by atoms with E-state index in [2.05, 4.69) is 20.2 Å². The highest BCUT2D eigenvalue weighted by molar-refractivity contribution is 7.88. The number of benzene rings is 4. The Kier molecular flexibility index (Phi) is 12.0. The number of aryl methyl sites for hydroxylation is 1. The van der Waals surface area contributed by atoms with E-state index in [1.807, 2.05) is 43.3 Å². The van der Waals surface area contributed by atoms with Crippen LogP contribution in [0.25, 0.3) is 22.2 Å². The molecule has 54 heavy (non-hydrogen) atoms. The Bertz CT molecular complexity index is 2470. The van der Waals surface area contributed by atoms with Crippen molar-refractivity contribution in [2.75, 3.05) is 37.8 Å². The number of rotatable bonds is 10. The minimum absolute atomic E-state index is 0.0666. The molecule has 1 aliphatic rings. The Morgan fingerprint density at radius 2 is 1.67 bits per heavy atom. The van der Waals surface area contributed by atoms with Gasteiger partial charge in [0.15, 0.2) is 0 Å². The monoisotopic (exact) mass is 793 g/mol. The fraction of sp³-hybridized carbons (Fsp3) is 0.211. The van der Waals surface area contributed by atoms with Crippen molar-refractivity contribution in [3.63, 3.8) is 0 Å². The van der Waals surface area contributed by atoms with Gasteiger partial charge < -0.3 is 14.5 Å². The second kappa shape index (κ2) is 16.6. The van der Waals surface area contributed by atoms with Crippen LogP contribution < -0.4 is 10.1 Å². The smallest absolute Gasteiger partial charge is 0.294 e. The predicted octanol–water partition coefficient (Wildman–Crippen LogP) is 7.32. The Balaban J connectivity index is 0.000000389. The highest BCUT2D eigenvalue weighted by Crippen LogP contribution is 2.33. The van der Waals surface area contributed by atoms with Crippen molar-refractivity contribution in [3.8, 4) is 17.1 Å². The van der Waals surface area contributed by atoms with E-state index in [4.69, 9.17) is 25.3 Å². The molecule has 0 aliphatic carbocycles. The lowest BCUT2D eigenvalue weighted by Crippen LogP contribution is -2.47. The maximum atomic E-state index is 13.5. The van der Waals surface area contributed by atoms with Crippen LogP contribution in [0.15, 0.2) is 113 Å². The summed E-state index contributed by atoms with van der Waals surface area (Å²) in [6.07, 6.45) is 2.74. The van der Waals surface area contributed by atoms with Crippen molar-refractivity contribution < 1.29 is 34.9 Å². The standard InChI is InChI=1S/C31H29ClFN5O4S.C7H8O3S/c1-43(39,40)38-13-11-37(12-14-38)18-25-7-10-29(42-25)22-5-8-28-26(16-22)31(35-20-34-28)36-24-6-9-30(27(32)17-24)41-19-21-3-2-4-23(33)15-21;1-6-2-4-7(5-3-6)11(8,9)10/h2-10,15-17,20H,11-14,18-19H2,1H3,(H,34,35,36);2-5H,1H3,(H,8,9,10). The molecule has 1 fully saturated rings. The lowest BCUT2D eigenvalue weighted by molar-refractivity contribution is 0.172. The van der Waals surface area contributed by atoms with Gasteiger partial charge in [0, 0.05) is 42.8 Å². The van der Waals surface area contributed by atoms with Crippen LogP contribution >= 0.6 is 11.6 Å². The molecule has 0 spiro atoms. The number of hydrogen-bond donors (Lipinski definition) is 2. The molecule has 3 heterocycles. The molecular formula is C38H37ClFN5O7S2. The Morgan fingerprint density at radius 1 is 0.907 bits per heavy atom. The highest BCUT2D eigenvalue weighted by Gasteiger charge is 2.24. The van der Waals surface area contributed by atoms with Crippen LogP contribution in [0.4, 0.5) is 15.9 Å². The normalized spacial score (nSPS) is 14.0. The number of furan rings is 1. The number of nitrogens with zero attached hydrogens (tertiary/aromatic N) is 4. The first-order valence-corrected chi connectivity index (χ1v) is 20.4. The van der Waals surface area contributed by atoms with Gasteiger partial charge in [0.05, 0.1) is 28.2 Å². The molecule has 16 heteroatoms. The van der Waals surface area contributed by atoms with Crippen LogP contribution in [0.2, 0.25) is 5.02 Å². The Morgan fingerprint density at radius 3 is 2.35 bits per heavy atom. The molecule has 0 radical (unpaired) electrons. The topological polar surface area (TPSA) is 155 Å². The first-order valence-electron chi connectivity index (χ1n) is 16.7. The zero-order valence-corrected chi connectivity index (χ0v) is 31.7. The van der Waals surface area contributed by atoms with Crippen LogP contribution in [0.3, 0.4) is 0 Å². The number of nitrogens with one attached hydrogen (secondary N) is 1. The number of hydrogen-bond acceptors (Lipinski definition) is 10. The SMILES string of the molecule is CS(=O)(=O)N1CCN(Cc2ccc(-c3ccc4ncnc(Nc5ccc(OCc6cccc(F)c6)c(Cl)c5)c4c3)o2)CC1.Cc1ccc(S(=O)(=O)O)cc1. The average molecular weight is 794 g/mol. The molecule has 4 aromatic carbocycles. The molecule has 6 aromatic rings. The van der Waals surface area contributed by atoms with Gasteiger partial charge in [-0.05, 0) is 85.3 Å². The summed E-state index contributed by atoms with van der Waals surface area (Å²) in [6, 6.07) is 27.3. The van der Waals surface area contributed by atoms with Crippen molar-refractivity contribution >= 4 is 54.2 Å². The van der Waals surface area contributed by atoms with E-state index < -0.39 is 20.1 Å². The summed E-state index contributed by atoms with van der Waals surface area (Å²) in [5, 5.41) is 4.53. The van der Waals surface area contributed by atoms with Gasteiger partial charge in [-0.25, -0.2) is 22.8 Å². The van der Waals surface area contributed by atoms with Gasteiger partial charge >= 0.3 is 0 Å². The van der Waals surface area contributed by atoms with Gasteiger partial charge in [0.1, 0.15) is 41.8 Å². The summed E-state index contributed by atoms with van der Waals surface area (Å²) >= 11 is 6.50. The molecule has 2 N–H and O–H groups in total. The summed E-state index contributed by atoms with van der Waals surface area (Å²) in [7, 11) is -7.19. The van der Waals surface area contributed by atoms with Crippen LogP contribution in [-0.2, 0) is 33.3 Å². The van der Waals surface area contributed by atoms with Crippen molar-refractivity contribution in [2.45, 2.75) is 25.0 Å². The van der Waals surface area contributed by atoms with E-state index in [-0.39, 0.29) is 17.3 Å². The Labute approximate surface area is 318 Å². The predicted molar refractivity (Wildman–Crippen MR) is 205 cm³/mol. The molecule has 0 amide bonds. The zero-order chi connectivity index (χ0) is 38.5. The summed E-state index contributed by atoms with van der Waals surface area (Å²) in [5.74, 6) is 2.29. The van der Waals surface area contributed by atoms with Crippen molar-refractivity contribution in [3.05, 3.63) is 131 Å². The molecule has 0 unspecified atom stereocenters. The second-order valence-corrected chi connectivity index (χ2v) is 16.4. The quantitative estimate of drug-likeness (QED) is 0.134. The van der Waals surface area contributed by atoms with E-state index in [1.54, 1.807) is 36.4 Å². The average Bonchev–Trinajstić information content (AvgIpc) is 3.60. The Hall–Kier alpha value is -4.90. The van der Waals surface area contributed by atoms with Gasteiger partial charge in [-0.3, -0.25) is 9.45 Å². The van der Waals surface area contributed by atoms with Crippen LogP contribution in [-0.4, -0.2) is 73.0 Å². The van der Waals surface area contributed by atoms with Gasteiger partial charge in [0.2, 0.25) is 10.0 Å². The van der Waals surface area contributed by atoms with Crippen molar-refractivity contribution in [1.82, 2.24) is 19.2 Å². The molecule has 7 rings (SSSR count). The zero-order valence-electron chi connectivity index (χ0n) is 29.3. The highest BCUT2D eigenvalue weighted by atomic mass is 35.5. The van der Waals surface area contributed by atoms with E-state index in [1.165, 1.54) is 41.2 Å². The first kappa shape index (κ1) is 38.8. The maximum absolute atomic E-state index is 13.5. The van der Waals surface area contributed by atoms with Crippen molar-refractivity contribution in [1.29, 1.82) is 0 Å². The number of fused-ring (bicyclic) bond motifs is 1. The first-order chi connectivity index (χ1) is 25.7. The van der Waals surface area contributed by atoms with Gasteiger partial charge in [0.25, 0.3) is 10.1 Å². The lowest BCUT2D eigenvalue weighted by atomic mass is 10.1. The maximum Gasteiger partial charge on any atom is 0.294 e. The van der Waals surface area contributed by atoms with E-state index in [0.29, 0.717) is 66.3 Å². The molecular weight excluding hydrogens is 757 g/mol. The third-order valence-corrected chi connectivity index (χ3v) is 11.0. The van der Waals surface area contributed by atoms with E-state index >= 15 is 0 Å². The molecule has 12 nitrogen and oxygen atoms in total. The molecule has 1 saturated heterocycles. The fourth-order valence-electron chi connectivity index (χ4n) is 5.70. The van der Waals surface area contributed by atoms with Gasteiger partial charge in [-0.1, -0.05) is 41.4 Å². The second-order valence-electron chi connectivity index (χ2n) is 12.6. The summed E-state index contributed by atoms with van der Waals surface area (Å²) in [4.78, 5) is 11.0.